The minimum atomic E-state index is -3.25. The molecule has 0 saturated carbocycles. The van der Waals surface area contributed by atoms with Gasteiger partial charge in [0.1, 0.15) is 0 Å². The molecule has 1 aromatic carbocycles. The van der Waals surface area contributed by atoms with E-state index in [1.807, 2.05) is 0 Å². The Morgan fingerprint density at radius 1 is 1.50 bits per heavy atom. The number of hydrogen-bond acceptors (Lipinski definition) is 4. The summed E-state index contributed by atoms with van der Waals surface area (Å²) in [5.41, 5.74) is 6.41. The summed E-state index contributed by atoms with van der Waals surface area (Å²) in [6.07, 6.45) is 1.50. The fourth-order valence-electron chi connectivity index (χ4n) is 1.33. The minimum Gasteiger partial charge on any atom is -0.396 e. The van der Waals surface area contributed by atoms with E-state index in [0.717, 1.165) is 6.26 Å². The Balaban J connectivity index is 3.10. The molecule has 0 aliphatic carbocycles. The van der Waals surface area contributed by atoms with E-state index in [4.69, 9.17) is 22.4 Å². The molecule has 16 heavy (non-hydrogen) atoms. The molecule has 1 atom stereocenters. The number of hydrogen-bond donors (Lipinski definition) is 2. The standard InChI is InChI=1S/C10H14ClNO3S/c1-16(14,15)7-2-3-8(9(11)6-7)10(12)4-5-13/h2-3,6,10,13H,4-5,12H2,1H3. The summed E-state index contributed by atoms with van der Waals surface area (Å²) in [7, 11) is -3.25. The fraction of sp³-hybridized carbons (Fsp3) is 0.400. The Labute approximate surface area is 100.0 Å². The molecule has 1 unspecified atom stereocenters. The van der Waals surface area contributed by atoms with Crippen LogP contribution in [0.1, 0.15) is 18.0 Å². The quantitative estimate of drug-likeness (QED) is 0.853. The van der Waals surface area contributed by atoms with Gasteiger partial charge < -0.3 is 10.8 Å². The smallest absolute Gasteiger partial charge is 0.175 e. The Bertz CT molecular complexity index is 473. The first kappa shape index (κ1) is 13.4. The fourth-order valence-corrected chi connectivity index (χ4v) is 2.37. The molecule has 0 fully saturated rings. The minimum absolute atomic E-state index is 0.0364. The van der Waals surface area contributed by atoms with Crippen molar-refractivity contribution in [3.05, 3.63) is 28.8 Å². The van der Waals surface area contributed by atoms with Gasteiger partial charge in [-0.3, -0.25) is 0 Å². The molecule has 0 saturated heterocycles. The Morgan fingerprint density at radius 2 is 2.12 bits per heavy atom. The summed E-state index contributed by atoms with van der Waals surface area (Å²) in [6, 6.07) is 4.04. The van der Waals surface area contributed by atoms with Crippen molar-refractivity contribution in [3.8, 4) is 0 Å². The van der Waals surface area contributed by atoms with Gasteiger partial charge in [-0.25, -0.2) is 8.42 Å². The van der Waals surface area contributed by atoms with Crippen molar-refractivity contribution in [1.82, 2.24) is 0 Å². The van der Waals surface area contributed by atoms with Crippen molar-refractivity contribution in [2.75, 3.05) is 12.9 Å². The number of benzene rings is 1. The number of aliphatic hydroxyl groups is 1. The van der Waals surface area contributed by atoms with Gasteiger partial charge in [-0.15, -0.1) is 0 Å². The second kappa shape index (κ2) is 5.14. The molecular formula is C10H14ClNO3S. The van der Waals surface area contributed by atoms with Crippen LogP contribution in [0, 0.1) is 0 Å². The maximum atomic E-state index is 11.3. The molecule has 0 amide bonds. The molecule has 3 N–H and O–H groups in total. The van der Waals surface area contributed by atoms with Gasteiger partial charge in [0.25, 0.3) is 0 Å². The summed E-state index contributed by atoms with van der Waals surface area (Å²) in [6.45, 7) is -0.0364. The molecule has 1 aromatic rings. The van der Waals surface area contributed by atoms with Crippen LogP contribution < -0.4 is 5.73 Å². The second-order valence-electron chi connectivity index (χ2n) is 3.57. The van der Waals surface area contributed by atoms with E-state index in [-0.39, 0.29) is 17.5 Å². The molecule has 1 rings (SSSR count). The highest BCUT2D eigenvalue weighted by Crippen LogP contribution is 2.26. The lowest BCUT2D eigenvalue weighted by Gasteiger charge is -2.12. The highest BCUT2D eigenvalue weighted by atomic mass is 35.5. The van der Waals surface area contributed by atoms with Crippen LogP contribution in [-0.4, -0.2) is 26.4 Å². The maximum absolute atomic E-state index is 11.3. The Hall–Kier alpha value is -0.620. The van der Waals surface area contributed by atoms with E-state index < -0.39 is 9.84 Å². The molecule has 0 aliphatic rings. The lowest BCUT2D eigenvalue weighted by atomic mass is 10.1. The van der Waals surface area contributed by atoms with Crippen LogP contribution in [0.4, 0.5) is 0 Å². The molecule has 6 heteroatoms. The Morgan fingerprint density at radius 3 is 2.56 bits per heavy atom. The predicted octanol–water partition coefficient (Wildman–Crippen LogP) is 1.13. The number of rotatable bonds is 4. The summed E-state index contributed by atoms with van der Waals surface area (Å²) in [5, 5.41) is 9.06. The summed E-state index contributed by atoms with van der Waals surface area (Å²) < 4.78 is 22.5. The van der Waals surface area contributed by atoms with Crippen molar-refractivity contribution in [2.45, 2.75) is 17.4 Å². The Kier molecular flexibility index (Phi) is 4.32. The van der Waals surface area contributed by atoms with E-state index in [9.17, 15) is 8.42 Å². The van der Waals surface area contributed by atoms with Crippen molar-refractivity contribution in [2.24, 2.45) is 5.73 Å². The van der Waals surface area contributed by atoms with Crippen molar-refractivity contribution in [1.29, 1.82) is 0 Å². The first-order chi connectivity index (χ1) is 7.36. The van der Waals surface area contributed by atoms with E-state index in [2.05, 4.69) is 0 Å². The van der Waals surface area contributed by atoms with Crippen LogP contribution >= 0.6 is 11.6 Å². The third kappa shape index (κ3) is 3.18. The molecule has 0 aromatic heterocycles. The van der Waals surface area contributed by atoms with Crippen LogP contribution in [0.25, 0.3) is 0 Å². The zero-order valence-electron chi connectivity index (χ0n) is 8.85. The largest absolute Gasteiger partial charge is 0.396 e. The summed E-state index contributed by atoms with van der Waals surface area (Å²) in [4.78, 5) is 0.164. The van der Waals surface area contributed by atoms with Gasteiger partial charge in [-0.1, -0.05) is 17.7 Å². The van der Waals surface area contributed by atoms with E-state index >= 15 is 0 Å². The van der Waals surface area contributed by atoms with E-state index in [0.29, 0.717) is 17.0 Å². The van der Waals surface area contributed by atoms with Crippen LogP contribution in [0.5, 0.6) is 0 Å². The van der Waals surface area contributed by atoms with Crippen LogP contribution in [-0.2, 0) is 9.84 Å². The molecule has 0 aliphatic heterocycles. The first-order valence-electron chi connectivity index (χ1n) is 4.72. The van der Waals surface area contributed by atoms with Crippen molar-refractivity contribution < 1.29 is 13.5 Å². The topological polar surface area (TPSA) is 80.4 Å². The molecule has 0 heterocycles. The molecule has 4 nitrogen and oxygen atoms in total. The number of aliphatic hydroxyl groups excluding tert-OH is 1. The highest BCUT2D eigenvalue weighted by Gasteiger charge is 2.13. The van der Waals surface area contributed by atoms with Crippen LogP contribution in [0.15, 0.2) is 23.1 Å². The van der Waals surface area contributed by atoms with Gasteiger partial charge in [0.15, 0.2) is 9.84 Å². The monoisotopic (exact) mass is 263 g/mol. The van der Waals surface area contributed by atoms with Gasteiger partial charge in [0, 0.05) is 23.9 Å². The van der Waals surface area contributed by atoms with Crippen LogP contribution in [0.2, 0.25) is 5.02 Å². The third-order valence-electron chi connectivity index (χ3n) is 2.24. The molecule has 0 radical (unpaired) electrons. The second-order valence-corrected chi connectivity index (χ2v) is 6.00. The lowest BCUT2D eigenvalue weighted by molar-refractivity contribution is 0.276. The molecule has 90 valence electrons. The van der Waals surface area contributed by atoms with E-state index in [1.165, 1.54) is 12.1 Å². The molecule has 0 spiro atoms. The zero-order chi connectivity index (χ0) is 12.3. The highest BCUT2D eigenvalue weighted by molar-refractivity contribution is 7.90. The average Bonchev–Trinajstić information content (AvgIpc) is 2.16. The maximum Gasteiger partial charge on any atom is 0.175 e. The SMILES string of the molecule is CS(=O)(=O)c1ccc(C(N)CCO)c(Cl)c1. The van der Waals surface area contributed by atoms with Gasteiger partial charge in [-0.2, -0.15) is 0 Å². The van der Waals surface area contributed by atoms with Gasteiger partial charge in [0.05, 0.1) is 4.90 Å². The third-order valence-corrected chi connectivity index (χ3v) is 3.68. The van der Waals surface area contributed by atoms with Crippen molar-refractivity contribution >= 4 is 21.4 Å². The predicted molar refractivity (Wildman–Crippen MR) is 63.2 cm³/mol. The number of nitrogens with two attached hydrogens (primary N) is 1. The number of halogens is 1. The zero-order valence-corrected chi connectivity index (χ0v) is 10.4. The lowest BCUT2D eigenvalue weighted by Crippen LogP contribution is -2.12. The van der Waals surface area contributed by atoms with Crippen molar-refractivity contribution in [3.63, 3.8) is 0 Å². The summed E-state index contributed by atoms with van der Waals surface area (Å²) >= 11 is 5.94. The molecular weight excluding hydrogens is 250 g/mol. The van der Waals surface area contributed by atoms with Gasteiger partial charge in [-0.05, 0) is 24.1 Å². The normalized spacial score (nSPS) is 13.8. The first-order valence-corrected chi connectivity index (χ1v) is 6.99. The van der Waals surface area contributed by atoms with Gasteiger partial charge in [0.2, 0.25) is 0 Å². The molecule has 0 bridgehead atoms. The average molecular weight is 264 g/mol. The van der Waals surface area contributed by atoms with E-state index in [1.54, 1.807) is 6.07 Å². The van der Waals surface area contributed by atoms with Crippen LogP contribution in [0.3, 0.4) is 0 Å². The number of sulfone groups is 1. The van der Waals surface area contributed by atoms with Gasteiger partial charge >= 0.3 is 0 Å². The summed E-state index contributed by atoms with van der Waals surface area (Å²) in [5.74, 6) is 0.